The summed E-state index contributed by atoms with van der Waals surface area (Å²) in [6.07, 6.45) is 0. The monoisotopic (exact) mass is 317 g/mol. The van der Waals surface area contributed by atoms with Crippen molar-refractivity contribution in [2.75, 3.05) is 24.6 Å². The normalized spacial score (nSPS) is 11.2. The van der Waals surface area contributed by atoms with Crippen LogP contribution in [0.2, 0.25) is 0 Å². The summed E-state index contributed by atoms with van der Waals surface area (Å²) in [6, 6.07) is 0.0719. The molecule has 0 aliphatic heterocycles. The second kappa shape index (κ2) is 13.6. The van der Waals surface area contributed by atoms with Gasteiger partial charge in [-0.05, 0) is 0 Å². The molecule has 0 aromatic carbocycles. The molecule has 0 rings (SSSR count). The van der Waals surface area contributed by atoms with E-state index in [4.69, 9.17) is 16.1 Å². The Bertz CT molecular complexity index is 152. The van der Waals surface area contributed by atoms with Gasteiger partial charge in [-0.15, -0.1) is 6.54 Å². The van der Waals surface area contributed by atoms with Crippen LogP contribution in [0.5, 0.6) is 0 Å². The van der Waals surface area contributed by atoms with Crippen molar-refractivity contribution < 1.29 is 27.2 Å². The van der Waals surface area contributed by atoms with Crippen LogP contribution in [-0.2, 0) is 52.4 Å². The van der Waals surface area contributed by atoms with Gasteiger partial charge in [0.15, 0.2) is 0 Å². The van der Waals surface area contributed by atoms with Crippen molar-refractivity contribution in [3.63, 3.8) is 0 Å². The molecule has 0 aliphatic carbocycles. The Labute approximate surface area is 106 Å². The summed E-state index contributed by atoms with van der Waals surface area (Å²) >= 11 is 10.3. The fraction of sp³-hybridized carbons (Fsp3) is 0.857. The Hall–Kier alpha value is 0.579. The number of nitrogens with zero attached hydrogens (tertiary/aromatic N) is 2. The molecule has 0 saturated carbocycles. The number of carbonyl (C=O) groups is 1. The zero-order chi connectivity index (χ0) is 11.4. The molecule has 0 aliphatic rings. The summed E-state index contributed by atoms with van der Waals surface area (Å²) in [7, 11) is 0. The maximum atomic E-state index is 10.9. The minimum atomic E-state index is -0.199. The average molecular weight is 318 g/mol. The average Bonchev–Trinajstić information content (AvgIpc) is 2.25. The zero-order valence-corrected chi connectivity index (χ0v) is 11.3. The van der Waals surface area contributed by atoms with Crippen LogP contribution in [0.15, 0.2) is 0 Å². The van der Waals surface area contributed by atoms with E-state index in [1.54, 1.807) is 0 Å². The van der Waals surface area contributed by atoms with E-state index >= 15 is 0 Å². The number of rotatable bonds is 6. The van der Waals surface area contributed by atoms with Gasteiger partial charge in [-0.25, -0.2) is 0 Å². The second-order valence-corrected chi connectivity index (χ2v) is 3.08. The Kier molecular flexibility index (Phi) is 16.5. The van der Waals surface area contributed by atoms with Crippen LogP contribution in [0.3, 0.4) is 0 Å². The van der Waals surface area contributed by atoms with Crippen molar-refractivity contribution >= 4 is 31.2 Å². The van der Waals surface area contributed by atoms with Crippen molar-refractivity contribution in [1.29, 1.82) is 0 Å². The van der Waals surface area contributed by atoms with E-state index in [0.29, 0.717) is 18.1 Å². The van der Waals surface area contributed by atoms with Crippen LogP contribution in [0.25, 0.3) is 10.6 Å². The van der Waals surface area contributed by atoms with Crippen molar-refractivity contribution in [3.8, 4) is 0 Å². The van der Waals surface area contributed by atoms with Crippen LogP contribution in [0.4, 0.5) is 0 Å². The van der Waals surface area contributed by atoms with E-state index in [1.165, 1.54) is 0 Å². The Morgan fingerprint density at radius 3 is 2.43 bits per heavy atom. The number of amides is 1. The van der Waals surface area contributed by atoms with Crippen molar-refractivity contribution in [2.24, 2.45) is 0 Å². The third-order valence-corrected chi connectivity index (χ3v) is 1.82. The maximum absolute atomic E-state index is 10.9. The van der Waals surface area contributed by atoms with Crippen molar-refractivity contribution in [1.82, 2.24) is 0 Å². The quantitative estimate of drug-likeness (QED) is 0.674. The van der Waals surface area contributed by atoms with Gasteiger partial charge in [0.25, 0.3) is 0 Å². The summed E-state index contributed by atoms with van der Waals surface area (Å²) in [4.78, 5) is 10.9. The predicted octanol–water partition coefficient (Wildman–Crippen LogP) is 0.621. The standard InChI is InChI=1S/C7H15N2OS2.O.Tc/c1-6(5-12)9-4-7(10)8-2-3-11;;/h6H,2-5H2,1H3,(H3,8,10,11,12);;/q-1;;+4/p-3. The van der Waals surface area contributed by atoms with Crippen LogP contribution >= 0.6 is 0 Å². The Balaban J connectivity index is 0. The van der Waals surface area contributed by atoms with Crippen LogP contribution < -0.4 is 0 Å². The first kappa shape index (κ1) is 17.0. The Morgan fingerprint density at radius 2 is 2.00 bits per heavy atom. The van der Waals surface area contributed by atoms with Gasteiger partial charge in [-0.3, -0.25) is 0 Å². The fourth-order valence-corrected chi connectivity index (χ4v) is 0.704. The first-order valence-electron chi connectivity index (χ1n) is 3.89. The zero-order valence-electron chi connectivity index (χ0n) is 7.81. The van der Waals surface area contributed by atoms with Crippen molar-refractivity contribution in [3.05, 3.63) is 10.6 Å². The molecule has 0 aromatic heterocycles. The number of hydrogen-bond donors (Lipinski definition) is 0. The summed E-state index contributed by atoms with van der Waals surface area (Å²) in [5.74, 6) is 0.839. The van der Waals surface area contributed by atoms with Gasteiger partial charge in [-0.1, -0.05) is 6.92 Å². The SMILES string of the molecule is CC(C[S-])[N-]CC(=O)[N-]CC[S-].[O]=[Tc+4]. The van der Waals surface area contributed by atoms with Gasteiger partial charge in [0, 0.05) is 5.91 Å². The summed E-state index contributed by atoms with van der Waals surface area (Å²) in [5, 5.41) is 7.69. The van der Waals surface area contributed by atoms with E-state index in [-0.39, 0.29) is 18.5 Å². The first-order valence-corrected chi connectivity index (χ1v) is 5.80. The molecule has 0 spiro atoms. The van der Waals surface area contributed by atoms with Gasteiger partial charge in [0.2, 0.25) is 0 Å². The molecular formula is C7H12N2O2S2Tc. The predicted molar refractivity (Wildman–Crippen MR) is 56.1 cm³/mol. The third kappa shape index (κ3) is 12.6. The van der Waals surface area contributed by atoms with E-state index < -0.39 is 0 Å². The molecule has 0 fully saturated rings. The second-order valence-electron chi connectivity index (χ2n) is 2.34. The molecule has 14 heavy (non-hydrogen) atoms. The van der Waals surface area contributed by atoms with Gasteiger partial charge in [0.05, 0.1) is 0 Å². The van der Waals surface area contributed by atoms with Gasteiger partial charge >= 0.3 is 22.4 Å². The number of carbonyl (C=O) groups excluding carboxylic acids is 1. The van der Waals surface area contributed by atoms with E-state index in [1.807, 2.05) is 6.92 Å². The third-order valence-electron chi connectivity index (χ3n) is 1.16. The summed E-state index contributed by atoms with van der Waals surface area (Å²) in [6.45, 7) is 2.45. The molecule has 0 saturated heterocycles. The minimum absolute atomic E-state index is 0.0719. The Morgan fingerprint density at radius 1 is 1.43 bits per heavy atom. The molecule has 4 nitrogen and oxygen atoms in total. The molecule has 0 aromatic rings. The number of hydrogen-bond acceptors (Lipinski definition) is 4. The fourth-order valence-electron chi connectivity index (χ4n) is 0.507. The van der Waals surface area contributed by atoms with E-state index in [0.717, 1.165) is 18.9 Å². The summed E-state index contributed by atoms with van der Waals surface area (Å²) in [5.41, 5.74) is 0. The van der Waals surface area contributed by atoms with Crippen LogP contribution in [-0.4, -0.2) is 36.5 Å². The molecular weight excluding hydrogens is 306 g/mol. The molecule has 1 unspecified atom stereocenters. The van der Waals surface area contributed by atoms with Gasteiger partial charge in [0.1, 0.15) is 0 Å². The van der Waals surface area contributed by atoms with Crippen molar-refractivity contribution in [2.45, 2.75) is 13.0 Å². The molecule has 0 heterocycles. The van der Waals surface area contributed by atoms with Crippen LogP contribution in [0, 0.1) is 0 Å². The molecule has 1 amide bonds. The summed E-state index contributed by atoms with van der Waals surface area (Å²) < 4.78 is 8.22. The topological polar surface area (TPSA) is 62.3 Å². The molecule has 7 heteroatoms. The van der Waals surface area contributed by atoms with E-state index in [9.17, 15) is 4.79 Å². The molecule has 0 bridgehead atoms. The molecule has 1 atom stereocenters. The van der Waals surface area contributed by atoms with E-state index in [2.05, 4.69) is 23.3 Å². The first-order chi connectivity index (χ1) is 6.70. The van der Waals surface area contributed by atoms with Gasteiger partial charge in [-0.2, -0.15) is 24.1 Å². The molecule has 0 radical (unpaired) electrons. The molecule has 0 N–H and O–H groups in total. The molecule has 81 valence electrons. The van der Waals surface area contributed by atoms with Gasteiger partial charge < -0.3 is 40.7 Å². The van der Waals surface area contributed by atoms with Crippen LogP contribution in [0.1, 0.15) is 6.92 Å².